The Hall–Kier alpha value is -3.90. The SMILES string of the molecule is CCOc1ccccc1CCC(=O)Nc1sc2c(c1C#N)CCC(OC(=O)N(C)c1ccccn1)C2. The van der Waals surface area contributed by atoms with Crippen molar-refractivity contribution in [3.8, 4) is 11.8 Å². The number of aromatic nitrogens is 1. The van der Waals surface area contributed by atoms with Crippen LogP contribution in [0.2, 0.25) is 0 Å². The Morgan fingerprint density at radius 2 is 2.06 bits per heavy atom. The molecule has 1 aliphatic rings. The number of carbonyl (C=O) groups is 2. The van der Waals surface area contributed by atoms with Crippen molar-refractivity contribution >= 4 is 34.2 Å². The second-order valence-corrected chi connectivity index (χ2v) is 9.51. The molecule has 0 spiro atoms. The maximum Gasteiger partial charge on any atom is 0.415 e. The van der Waals surface area contributed by atoms with Crippen LogP contribution in [-0.4, -0.2) is 36.7 Å². The van der Waals surface area contributed by atoms with Crippen molar-refractivity contribution in [2.45, 2.75) is 45.1 Å². The molecule has 0 saturated carbocycles. The standard InChI is InChI=1S/C27H28N4O4S/c1-3-34-22-9-5-4-8-18(22)11-14-25(32)30-26-21(17-28)20-13-12-19(16-23(20)36-26)35-27(33)31(2)24-10-6-7-15-29-24/h4-10,15,19H,3,11-14,16H2,1-2H3,(H,30,32). The van der Waals surface area contributed by atoms with Gasteiger partial charge in [-0.3, -0.25) is 9.69 Å². The summed E-state index contributed by atoms with van der Waals surface area (Å²) < 4.78 is 11.4. The summed E-state index contributed by atoms with van der Waals surface area (Å²) in [6.07, 6.45) is 3.39. The van der Waals surface area contributed by atoms with Crippen molar-refractivity contribution in [2.24, 2.45) is 0 Å². The fraction of sp³-hybridized carbons (Fsp3) is 0.333. The van der Waals surface area contributed by atoms with Crippen molar-refractivity contribution in [2.75, 3.05) is 23.9 Å². The fourth-order valence-corrected chi connectivity index (χ4v) is 5.45. The Kier molecular flexibility index (Phi) is 8.18. The number of nitrogens with zero attached hydrogens (tertiary/aromatic N) is 3. The lowest BCUT2D eigenvalue weighted by molar-refractivity contribution is -0.116. The second kappa shape index (κ2) is 11.7. The maximum absolute atomic E-state index is 12.7. The van der Waals surface area contributed by atoms with Gasteiger partial charge in [-0.15, -0.1) is 11.3 Å². The molecule has 0 saturated heterocycles. The van der Waals surface area contributed by atoms with Crippen molar-refractivity contribution in [3.63, 3.8) is 0 Å². The molecule has 2 heterocycles. The van der Waals surface area contributed by atoms with E-state index in [4.69, 9.17) is 9.47 Å². The van der Waals surface area contributed by atoms with Crippen LogP contribution in [-0.2, 0) is 28.8 Å². The van der Waals surface area contributed by atoms with E-state index < -0.39 is 6.09 Å². The third-order valence-electron chi connectivity index (χ3n) is 6.01. The van der Waals surface area contributed by atoms with Gasteiger partial charge < -0.3 is 14.8 Å². The van der Waals surface area contributed by atoms with Crippen molar-refractivity contribution in [1.29, 1.82) is 5.26 Å². The number of benzene rings is 1. The lowest BCUT2D eigenvalue weighted by atomic mass is 9.94. The number of anilines is 2. The van der Waals surface area contributed by atoms with Gasteiger partial charge in [0, 0.05) is 31.0 Å². The van der Waals surface area contributed by atoms with Gasteiger partial charge in [-0.25, -0.2) is 9.78 Å². The normalized spacial score (nSPS) is 14.3. The first-order valence-corrected chi connectivity index (χ1v) is 12.7. The van der Waals surface area contributed by atoms with E-state index in [0.29, 0.717) is 48.7 Å². The van der Waals surface area contributed by atoms with E-state index in [2.05, 4.69) is 16.4 Å². The van der Waals surface area contributed by atoms with Gasteiger partial charge in [-0.2, -0.15) is 5.26 Å². The number of rotatable bonds is 8. The number of aryl methyl sites for hydroxylation is 1. The lowest BCUT2D eigenvalue weighted by Gasteiger charge is -2.25. The third-order valence-corrected chi connectivity index (χ3v) is 7.18. The average Bonchev–Trinajstić information content (AvgIpc) is 3.24. The van der Waals surface area contributed by atoms with Gasteiger partial charge in [-0.1, -0.05) is 24.3 Å². The lowest BCUT2D eigenvalue weighted by Crippen LogP contribution is -2.33. The quantitative estimate of drug-likeness (QED) is 0.457. The zero-order valence-electron chi connectivity index (χ0n) is 20.3. The minimum atomic E-state index is -0.472. The van der Waals surface area contributed by atoms with Crippen LogP contribution in [0.15, 0.2) is 48.7 Å². The summed E-state index contributed by atoms with van der Waals surface area (Å²) in [6, 6.07) is 15.3. The molecule has 0 bridgehead atoms. The van der Waals surface area contributed by atoms with Crippen LogP contribution in [0.1, 0.15) is 41.3 Å². The predicted octanol–water partition coefficient (Wildman–Crippen LogP) is 5.12. The van der Waals surface area contributed by atoms with Crippen LogP contribution in [0.4, 0.5) is 15.6 Å². The molecule has 1 N–H and O–H groups in total. The van der Waals surface area contributed by atoms with Gasteiger partial charge in [0.25, 0.3) is 0 Å². The summed E-state index contributed by atoms with van der Waals surface area (Å²) >= 11 is 1.39. The minimum Gasteiger partial charge on any atom is -0.494 e. The Bertz CT molecular complexity index is 1270. The Morgan fingerprint density at radius 3 is 2.81 bits per heavy atom. The van der Waals surface area contributed by atoms with E-state index in [-0.39, 0.29) is 18.4 Å². The van der Waals surface area contributed by atoms with Crippen molar-refractivity contribution in [1.82, 2.24) is 4.98 Å². The van der Waals surface area contributed by atoms with Crippen LogP contribution >= 0.6 is 11.3 Å². The number of ether oxygens (including phenoxy) is 2. The van der Waals surface area contributed by atoms with Crippen LogP contribution < -0.4 is 15.0 Å². The van der Waals surface area contributed by atoms with Crippen molar-refractivity contribution in [3.05, 3.63) is 70.2 Å². The highest BCUT2D eigenvalue weighted by atomic mass is 32.1. The van der Waals surface area contributed by atoms with E-state index >= 15 is 0 Å². The number of carbonyl (C=O) groups excluding carboxylic acids is 2. The van der Waals surface area contributed by atoms with E-state index in [1.807, 2.05) is 37.3 Å². The molecule has 2 amide bonds. The van der Waals surface area contributed by atoms with Crippen LogP contribution in [0, 0.1) is 11.3 Å². The third kappa shape index (κ3) is 5.83. The summed E-state index contributed by atoms with van der Waals surface area (Å²) in [5.41, 5.74) is 2.42. The van der Waals surface area contributed by atoms with E-state index in [9.17, 15) is 14.9 Å². The van der Waals surface area contributed by atoms with Crippen LogP contribution in [0.3, 0.4) is 0 Å². The number of hydrogen-bond donors (Lipinski definition) is 1. The Labute approximate surface area is 214 Å². The smallest absolute Gasteiger partial charge is 0.415 e. The summed E-state index contributed by atoms with van der Waals surface area (Å²) in [4.78, 5) is 31.8. The van der Waals surface area contributed by atoms with E-state index in [0.717, 1.165) is 21.8 Å². The highest BCUT2D eigenvalue weighted by molar-refractivity contribution is 7.16. The molecule has 36 heavy (non-hydrogen) atoms. The van der Waals surface area contributed by atoms with Gasteiger partial charge >= 0.3 is 6.09 Å². The molecule has 0 aliphatic heterocycles. The van der Waals surface area contributed by atoms with E-state index in [1.165, 1.54) is 16.2 Å². The van der Waals surface area contributed by atoms with E-state index in [1.54, 1.807) is 25.4 Å². The molecule has 0 fully saturated rings. The number of pyridine rings is 1. The summed E-state index contributed by atoms with van der Waals surface area (Å²) in [7, 11) is 1.62. The maximum atomic E-state index is 12.7. The van der Waals surface area contributed by atoms with Gasteiger partial charge in [0.05, 0.1) is 12.2 Å². The highest BCUT2D eigenvalue weighted by Crippen LogP contribution is 2.38. The molecule has 1 aromatic carbocycles. The highest BCUT2D eigenvalue weighted by Gasteiger charge is 2.29. The minimum absolute atomic E-state index is 0.156. The first-order valence-electron chi connectivity index (χ1n) is 11.9. The van der Waals surface area contributed by atoms with Crippen LogP contribution in [0.5, 0.6) is 5.75 Å². The molecular formula is C27H28N4O4S. The number of para-hydroxylation sites is 1. The molecule has 1 unspecified atom stereocenters. The summed E-state index contributed by atoms with van der Waals surface area (Å²) in [5, 5.41) is 13.3. The number of amides is 2. The number of hydrogen-bond acceptors (Lipinski definition) is 7. The molecule has 9 heteroatoms. The fourth-order valence-electron chi connectivity index (χ4n) is 4.17. The molecular weight excluding hydrogens is 476 g/mol. The molecule has 8 nitrogen and oxygen atoms in total. The molecule has 0 radical (unpaired) electrons. The molecule has 186 valence electrons. The molecule has 3 aromatic rings. The van der Waals surface area contributed by atoms with Gasteiger partial charge in [-0.05, 0) is 55.5 Å². The predicted molar refractivity (Wildman–Crippen MR) is 139 cm³/mol. The van der Waals surface area contributed by atoms with Crippen molar-refractivity contribution < 1.29 is 19.1 Å². The van der Waals surface area contributed by atoms with Gasteiger partial charge in [0.2, 0.25) is 5.91 Å². The first kappa shape index (κ1) is 25.2. The number of thiophene rings is 1. The Balaban J connectivity index is 1.38. The number of nitrogens with one attached hydrogen (secondary N) is 1. The zero-order chi connectivity index (χ0) is 25.5. The van der Waals surface area contributed by atoms with Gasteiger partial charge in [0.15, 0.2) is 0 Å². The van der Waals surface area contributed by atoms with Crippen LogP contribution in [0.25, 0.3) is 0 Å². The topological polar surface area (TPSA) is 105 Å². The Morgan fingerprint density at radius 1 is 1.25 bits per heavy atom. The zero-order valence-corrected chi connectivity index (χ0v) is 21.1. The van der Waals surface area contributed by atoms with Gasteiger partial charge in [0.1, 0.15) is 28.7 Å². The first-order chi connectivity index (χ1) is 17.5. The molecule has 4 rings (SSSR count). The monoisotopic (exact) mass is 504 g/mol. The second-order valence-electron chi connectivity index (χ2n) is 8.40. The molecule has 1 atom stereocenters. The summed E-state index contributed by atoms with van der Waals surface area (Å²) in [6.45, 7) is 2.49. The number of fused-ring (bicyclic) bond motifs is 1. The molecule has 1 aliphatic carbocycles. The largest absolute Gasteiger partial charge is 0.494 e. The molecule has 2 aromatic heterocycles. The number of nitriles is 1. The summed E-state index contributed by atoms with van der Waals surface area (Å²) in [5.74, 6) is 1.14. The average molecular weight is 505 g/mol.